The Morgan fingerprint density at radius 1 is 0.926 bits per heavy atom. The molecule has 0 spiro atoms. The van der Waals surface area contributed by atoms with E-state index in [9.17, 15) is 14.7 Å². The molecule has 0 heterocycles. The number of carboxylic acids is 2. The van der Waals surface area contributed by atoms with Crippen molar-refractivity contribution in [2.75, 3.05) is 0 Å². The van der Waals surface area contributed by atoms with Crippen LogP contribution in [-0.4, -0.2) is 22.2 Å². The number of hydrogen-bond acceptors (Lipinski definition) is 3. The number of aliphatic carboxylic acids is 2. The van der Waals surface area contributed by atoms with Crippen molar-refractivity contribution in [2.24, 2.45) is 0 Å². The summed E-state index contributed by atoms with van der Waals surface area (Å²) >= 11 is 0. The molecule has 144 valence electrons. The van der Waals surface area contributed by atoms with E-state index in [1.807, 2.05) is 45.9 Å². The van der Waals surface area contributed by atoms with Gasteiger partial charge in [-0.05, 0) is 66.6 Å². The number of hydrogen-bond donors (Lipinski definition) is 2. The predicted molar refractivity (Wildman–Crippen MR) is 103 cm³/mol. The fraction of sp³-hybridized carbons (Fsp3) is 0.364. The molecule has 0 saturated carbocycles. The van der Waals surface area contributed by atoms with Crippen molar-refractivity contribution in [3.05, 3.63) is 63.2 Å². The first-order valence-electron chi connectivity index (χ1n) is 8.99. The van der Waals surface area contributed by atoms with Gasteiger partial charge in [-0.25, -0.2) is 0 Å². The molecular weight excluding hydrogens is 344 g/mol. The average Bonchev–Trinajstić information content (AvgIpc) is 2.58. The Balaban J connectivity index is 2.37. The van der Waals surface area contributed by atoms with Gasteiger partial charge in [-0.1, -0.05) is 25.1 Å². The summed E-state index contributed by atoms with van der Waals surface area (Å²) in [6.45, 7) is 8.13. The SMILES string of the molecule is CCc1cc(C)c(COc2cc(C)ccc2CC(=O)O)c(C)c1CC(=O)O. The predicted octanol–water partition coefficient (Wildman–Crippen LogP) is 4.01. The number of ether oxygens (including phenoxy) is 1. The van der Waals surface area contributed by atoms with Gasteiger partial charge in [-0.15, -0.1) is 0 Å². The van der Waals surface area contributed by atoms with E-state index < -0.39 is 11.9 Å². The van der Waals surface area contributed by atoms with Crippen LogP contribution in [-0.2, 0) is 35.5 Å². The van der Waals surface area contributed by atoms with Crippen LogP contribution in [0.2, 0.25) is 0 Å². The summed E-state index contributed by atoms with van der Waals surface area (Å²) < 4.78 is 5.99. The molecule has 0 aromatic heterocycles. The normalized spacial score (nSPS) is 10.7. The molecular formula is C22H26O5. The van der Waals surface area contributed by atoms with E-state index in [0.717, 1.165) is 39.8 Å². The lowest BCUT2D eigenvalue weighted by molar-refractivity contribution is -0.137. The summed E-state index contributed by atoms with van der Waals surface area (Å²) in [5, 5.41) is 18.3. The maximum Gasteiger partial charge on any atom is 0.307 e. The third-order valence-electron chi connectivity index (χ3n) is 4.80. The van der Waals surface area contributed by atoms with Crippen molar-refractivity contribution in [3.8, 4) is 5.75 Å². The lowest BCUT2D eigenvalue weighted by Crippen LogP contribution is -2.11. The van der Waals surface area contributed by atoms with Gasteiger partial charge in [0.25, 0.3) is 0 Å². The van der Waals surface area contributed by atoms with Gasteiger partial charge < -0.3 is 14.9 Å². The zero-order valence-electron chi connectivity index (χ0n) is 16.3. The van der Waals surface area contributed by atoms with E-state index in [2.05, 4.69) is 0 Å². The summed E-state index contributed by atoms with van der Waals surface area (Å²) in [6.07, 6.45) is 0.648. The van der Waals surface area contributed by atoms with Crippen LogP contribution in [0, 0.1) is 20.8 Å². The Kier molecular flexibility index (Phi) is 6.61. The Hall–Kier alpha value is -2.82. The van der Waals surface area contributed by atoms with Crippen LogP contribution in [0.3, 0.4) is 0 Å². The zero-order valence-corrected chi connectivity index (χ0v) is 16.3. The first-order valence-corrected chi connectivity index (χ1v) is 8.99. The first kappa shape index (κ1) is 20.5. The van der Waals surface area contributed by atoms with E-state index in [4.69, 9.17) is 9.84 Å². The van der Waals surface area contributed by atoms with Gasteiger partial charge in [0.05, 0.1) is 12.8 Å². The molecule has 5 heteroatoms. The fourth-order valence-corrected chi connectivity index (χ4v) is 3.34. The molecule has 0 amide bonds. The number of aryl methyl sites for hydroxylation is 3. The van der Waals surface area contributed by atoms with Crippen molar-refractivity contribution in [1.29, 1.82) is 0 Å². The lowest BCUT2D eigenvalue weighted by atomic mass is 9.90. The molecule has 2 N–H and O–H groups in total. The quantitative estimate of drug-likeness (QED) is 0.733. The van der Waals surface area contributed by atoms with Crippen molar-refractivity contribution in [3.63, 3.8) is 0 Å². The minimum absolute atomic E-state index is 0.0169. The largest absolute Gasteiger partial charge is 0.489 e. The summed E-state index contributed by atoms with van der Waals surface area (Å²) in [5.41, 5.74) is 6.42. The third kappa shape index (κ3) is 5.09. The summed E-state index contributed by atoms with van der Waals surface area (Å²) in [4.78, 5) is 22.4. The highest BCUT2D eigenvalue weighted by Crippen LogP contribution is 2.27. The smallest absolute Gasteiger partial charge is 0.307 e. The van der Waals surface area contributed by atoms with Gasteiger partial charge >= 0.3 is 11.9 Å². The summed E-state index contributed by atoms with van der Waals surface area (Å²) in [6, 6.07) is 7.50. The maximum atomic E-state index is 11.3. The van der Waals surface area contributed by atoms with Crippen molar-refractivity contribution >= 4 is 11.9 Å². The summed E-state index contributed by atoms with van der Waals surface area (Å²) in [7, 11) is 0. The van der Waals surface area contributed by atoms with Crippen LogP contribution in [0.1, 0.15) is 45.9 Å². The summed E-state index contributed by atoms with van der Waals surface area (Å²) in [5.74, 6) is -1.21. The second kappa shape index (κ2) is 8.71. The van der Waals surface area contributed by atoms with E-state index in [1.165, 1.54) is 0 Å². The monoisotopic (exact) mass is 370 g/mol. The molecule has 0 bridgehead atoms. The molecule has 0 unspecified atom stereocenters. The van der Waals surface area contributed by atoms with E-state index >= 15 is 0 Å². The standard InChI is InChI=1S/C22H26O5/c1-5-16-9-14(3)19(15(4)18(16)11-22(25)26)12-27-20-8-13(2)6-7-17(20)10-21(23)24/h6-9H,5,10-12H2,1-4H3,(H,23,24)(H,25,26). The molecule has 0 aliphatic heterocycles. The van der Waals surface area contributed by atoms with E-state index in [0.29, 0.717) is 11.3 Å². The van der Waals surface area contributed by atoms with Gasteiger partial charge in [0, 0.05) is 5.56 Å². The van der Waals surface area contributed by atoms with Crippen molar-refractivity contribution in [2.45, 2.75) is 53.6 Å². The Labute approximate surface area is 159 Å². The van der Waals surface area contributed by atoms with Crippen molar-refractivity contribution < 1.29 is 24.5 Å². The van der Waals surface area contributed by atoms with Crippen LogP contribution >= 0.6 is 0 Å². The van der Waals surface area contributed by atoms with Crippen LogP contribution in [0.25, 0.3) is 0 Å². The Bertz CT molecular complexity index is 867. The van der Waals surface area contributed by atoms with Crippen LogP contribution in [0.15, 0.2) is 24.3 Å². The number of carbonyl (C=O) groups is 2. The van der Waals surface area contributed by atoms with E-state index in [1.54, 1.807) is 6.07 Å². The number of carboxylic acid groups (broad SMARTS) is 2. The van der Waals surface area contributed by atoms with E-state index in [-0.39, 0.29) is 19.4 Å². The van der Waals surface area contributed by atoms with Gasteiger partial charge in [0.2, 0.25) is 0 Å². The van der Waals surface area contributed by atoms with Gasteiger partial charge in [0.1, 0.15) is 12.4 Å². The first-order chi connectivity index (χ1) is 12.7. The molecule has 0 aliphatic carbocycles. The van der Waals surface area contributed by atoms with Crippen LogP contribution < -0.4 is 4.74 Å². The topological polar surface area (TPSA) is 83.8 Å². The van der Waals surface area contributed by atoms with Gasteiger partial charge in [-0.3, -0.25) is 9.59 Å². The Morgan fingerprint density at radius 3 is 2.19 bits per heavy atom. The van der Waals surface area contributed by atoms with Gasteiger partial charge in [0.15, 0.2) is 0 Å². The lowest BCUT2D eigenvalue weighted by Gasteiger charge is -2.19. The highest BCUT2D eigenvalue weighted by atomic mass is 16.5. The minimum atomic E-state index is -0.910. The third-order valence-corrected chi connectivity index (χ3v) is 4.80. The van der Waals surface area contributed by atoms with Gasteiger partial charge in [-0.2, -0.15) is 0 Å². The maximum absolute atomic E-state index is 11.3. The zero-order chi connectivity index (χ0) is 20.1. The molecule has 2 aromatic carbocycles. The van der Waals surface area contributed by atoms with Crippen LogP contribution in [0.4, 0.5) is 0 Å². The van der Waals surface area contributed by atoms with Crippen LogP contribution in [0.5, 0.6) is 5.75 Å². The second-order valence-corrected chi connectivity index (χ2v) is 6.83. The van der Waals surface area contributed by atoms with Crippen molar-refractivity contribution in [1.82, 2.24) is 0 Å². The minimum Gasteiger partial charge on any atom is -0.489 e. The molecule has 0 aliphatic rings. The molecule has 2 aromatic rings. The highest BCUT2D eigenvalue weighted by Gasteiger charge is 2.16. The Morgan fingerprint density at radius 2 is 1.59 bits per heavy atom. The number of benzene rings is 2. The molecule has 5 nitrogen and oxygen atoms in total. The molecule has 0 atom stereocenters. The molecule has 0 fully saturated rings. The molecule has 2 rings (SSSR count). The fourth-order valence-electron chi connectivity index (χ4n) is 3.34. The second-order valence-electron chi connectivity index (χ2n) is 6.83. The average molecular weight is 370 g/mol. The molecule has 0 saturated heterocycles. The highest BCUT2D eigenvalue weighted by molar-refractivity contribution is 5.72. The molecule has 27 heavy (non-hydrogen) atoms. The molecule has 0 radical (unpaired) electrons. The number of rotatable bonds is 8.